The molecule has 1 aromatic carbocycles. The third-order valence-corrected chi connectivity index (χ3v) is 6.43. The van der Waals surface area contributed by atoms with Crippen LogP contribution in [0.2, 0.25) is 0 Å². The quantitative estimate of drug-likeness (QED) is 0.835. The maximum Gasteiger partial charge on any atom is 0.254 e. The van der Waals surface area contributed by atoms with Gasteiger partial charge in [-0.3, -0.25) is 9.59 Å². The summed E-state index contributed by atoms with van der Waals surface area (Å²) in [7, 11) is 0. The van der Waals surface area contributed by atoms with Crippen molar-refractivity contribution in [1.29, 1.82) is 0 Å². The Morgan fingerprint density at radius 3 is 2.44 bits per heavy atom. The molecule has 4 atom stereocenters. The van der Waals surface area contributed by atoms with E-state index in [0.29, 0.717) is 43.6 Å². The van der Waals surface area contributed by atoms with Gasteiger partial charge in [-0.05, 0) is 55.7 Å². The Labute approximate surface area is 165 Å². The topological polar surface area (TPSA) is 66.6 Å². The maximum absolute atomic E-state index is 13.4. The first kappa shape index (κ1) is 20.1. The third kappa shape index (κ3) is 3.83. The van der Waals surface area contributed by atoms with Crippen LogP contribution in [-0.2, 0) is 4.79 Å². The van der Waals surface area contributed by atoms with Crippen molar-refractivity contribution in [3.63, 3.8) is 0 Å². The summed E-state index contributed by atoms with van der Waals surface area (Å²) >= 11 is 0. The minimum Gasteiger partial charge on any atom is -0.341 e. The zero-order valence-electron chi connectivity index (χ0n) is 15.4. The number of nitrogens with two attached hydrogens (primary N) is 1. The summed E-state index contributed by atoms with van der Waals surface area (Å²) in [5.74, 6) is 0.495. The van der Waals surface area contributed by atoms with Crippen molar-refractivity contribution in [2.24, 2.45) is 23.5 Å². The molecule has 4 unspecified atom stereocenters. The minimum atomic E-state index is -0.409. The van der Waals surface area contributed by atoms with E-state index in [4.69, 9.17) is 5.73 Å². The van der Waals surface area contributed by atoms with Crippen LogP contribution >= 0.6 is 12.4 Å². The van der Waals surface area contributed by atoms with Gasteiger partial charge in [-0.1, -0.05) is 6.07 Å². The molecule has 2 amide bonds. The van der Waals surface area contributed by atoms with E-state index in [-0.39, 0.29) is 36.2 Å². The monoisotopic (exact) mass is 395 g/mol. The molecule has 148 valence electrons. The highest BCUT2D eigenvalue weighted by Crippen LogP contribution is 2.48. The van der Waals surface area contributed by atoms with Gasteiger partial charge in [-0.25, -0.2) is 4.39 Å². The number of halogens is 2. The standard InChI is InChI=1S/C20H26FN3O2.ClH/c21-16-4-1-3-15(12-16)19(25)23-7-2-8-24(10-9-23)20(26)17-13-5-6-14(11-13)18(17)22;/h1,3-4,12-14,17-18H,2,5-11,22H2;1H. The third-order valence-electron chi connectivity index (χ3n) is 6.43. The lowest BCUT2D eigenvalue weighted by atomic mass is 9.84. The second kappa shape index (κ2) is 8.15. The van der Waals surface area contributed by atoms with Crippen LogP contribution in [0, 0.1) is 23.6 Å². The summed E-state index contributed by atoms with van der Waals surface area (Å²) < 4.78 is 13.4. The molecule has 1 aliphatic heterocycles. The fourth-order valence-electron chi connectivity index (χ4n) is 5.06. The Hall–Kier alpha value is -1.66. The molecule has 2 N–H and O–H groups in total. The fourth-order valence-corrected chi connectivity index (χ4v) is 5.06. The van der Waals surface area contributed by atoms with E-state index in [1.165, 1.54) is 12.1 Å². The van der Waals surface area contributed by atoms with Crippen LogP contribution in [-0.4, -0.2) is 53.8 Å². The van der Waals surface area contributed by atoms with E-state index in [1.807, 2.05) is 4.90 Å². The van der Waals surface area contributed by atoms with E-state index in [1.54, 1.807) is 17.0 Å². The van der Waals surface area contributed by atoms with Crippen LogP contribution in [0.25, 0.3) is 0 Å². The van der Waals surface area contributed by atoms with Crippen LogP contribution in [0.15, 0.2) is 24.3 Å². The lowest BCUT2D eigenvalue weighted by Crippen LogP contribution is -2.48. The van der Waals surface area contributed by atoms with Crippen molar-refractivity contribution in [3.8, 4) is 0 Å². The van der Waals surface area contributed by atoms with Gasteiger partial charge in [0, 0.05) is 37.8 Å². The molecular formula is C20H27ClFN3O2. The number of benzene rings is 1. The second-order valence-corrected chi connectivity index (χ2v) is 7.92. The Morgan fingerprint density at radius 1 is 1.04 bits per heavy atom. The van der Waals surface area contributed by atoms with E-state index < -0.39 is 5.82 Å². The Morgan fingerprint density at radius 2 is 1.74 bits per heavy atom. The highest BCUT2D eigenvalue weighted by atomic mass is 35.5. The SMILES string of the molecule is Cl.NC1C2CCC(C2)C1C(=O)N1CCCN(C(=O)c2cccc(F)c2)CC1. The predicted octanol–water partition coefficient (Wildman–Crippen LogP) is 2.30. The van der Waals surface area contributed by atoms with Gasteiger partial charge in [-0.15, -0.1) is 12.4 Å². The Balaban J connectivity index is 0.00000210. The first-order chi connectivity index (χ1) is 12.5. The van der Waals surface area contributed by atoms with Crippen LogP contribution in [0.3, 0.4) is 0 Å². The molecule has 1 saturated heterocycles. The molecule has 0 aromatic heterocycles. The summed E-state index contributed by atoms with van der Waals surface area (Å²) in [6, 6.07) is 5.78. The Bertz CT molecular complexity index is 714. The summed E-state index contributed by atoms with van der Waals surface area (Å²) in [4.78, 5) is 29.3. The van der Waals surface area contributed by atoms with Crippen molar-refractivity contribution in [2.45, 2.75) is 31.7 Å². The molecule has 2 aliphatic carbocycles. The van der Waals surface area contributed by atoms with Crippen LogP contribution < -0.4 is 5.73 Å². The van der Waals surface area contributed by atoms with Gasteiger partial charge in [0.2, 0.25) is 5.91 Å². The van der Waals surface area contributed by atoms with Gasteiger partial charge in [0.25, 0.3) is 5.91 Å². The first-order valence-corrected chi connectivity index (χ1v) is 9.64. The minimum absolute atomic E-state index is 0. The molecule has 5 nitrogen and oxygen atoms in total. The molecule has 0 radical (unpaired) electrons. The highest BCUT2D eigenvalue weighted by molar-refractivity contribution is 5.94. The van der Waals surface area contributed by atoms with Crippen LogP contribution in [0.4, 0.5) is 4.39 Å². The summed E-state index contributed by atoms with van der Waals surface area (Å²) in [5, 5.41) is 0. The number of carbonyl (C=O) groups excluding carboxylic acids is 2. The lowest BCUT2D eigenvalue weighted by Gasteiger charge is -2.32. The van der Waals surface area contributed by atoms with Crippen molar-refractivity contribution >= 4 is 24.2 Å². The molecule has 2 bridgehead atoms. The molecule has 27 heavy (non-hydrogen) atoms. The van der Waals surface area contributed by atoms with E-state index >= 15 is 0 Å². The summed E-state index contributed by atoms with van der Waals surface area (Å²) in [6.45, 7) is 2.26. The average molecular weight is 396 g/mol. The molecule has 1 heterocycles. The van der Waals surface area contributed by atoms with Crippen molar-refractivity contribution in [2.75, 3.05) is 26.2 Å². The number of rotatable bonds is 2. The normalized spacial score (nSPS) is 30.0. The van der Waals surface area contributed by atoms with E-state index in [9.17, 15) is 14.0 Å². The second-order valence-electron chi connectivity index (χ2n) is 7.92. The zero-order chi connectivity index (χ0) is 18.3. The van der Waals surface area contributed by atoms with Crippen molar-refractivity contribution in [1.82, 2.24) is 9.80 Å². The number of hydrogen-bond acceptors (Lipinski definition) is 3. The molecule has 2 saturated carbocycles. The molecule has 3 fully saturated rings. The zero-order valence-corrected chi connectivity index (χ0v) is 16.2. The molecule has 7 heteroatoms. The number of amides is 2. The van der Waals surface area contributed by atoms with Gasteiger partial charge in [0.05, 0.1) is 5.92 Å². The molecule has 4 rings (SSSR count). The fraction of sp³-hybridized carbons (Fsp3) is 0.600. The largest absolute Gasteiger partial charge is 0.341 e. The molecule has 1 aromatic rings. The van der Waals surface area contributed by atoms with Crippen molar-refractivity contribution < 1.29 is 14.0 Å². The molecule has 0 spiro atoms. The van der Waals surface area contributed by atoms with Gasteiger partial charge in [0.15, 0.2) is 0 Å². The van der Waals surface area contributed by atoms with E-state index in [0.717, 1.165) is 25.7 Å². The van der Waals surface area contributed by atoms with Gasteiger partial charge >= 0.3 is 0 Å². The smallest absolute Gasteiger partial charge is 0.254 e. The number of nitrogens with zero attached hydrogens (tertiary/aromatic N) is 2. The van der Waals surface area contributed by atoms with Gasteiger partial charge in [-0.2, -0.15) is 0 Å². The van der Waals surface area contributed by atoms with Gasteiger partial charge in [0.1, 0.15) is 5.82 Å². The number of carbonyl (C=O) groups is 2. The number of fused-ring (bicyclic) bond motifs is 2. The summed E-state index contributed by atoms with van der Waals surface area (Å²) in [6.07, 6.45) is 4.11. The summed E-state index contributed by atoms with van der Waals surface area (Å²) in [5.41, 5.74) is 6.69. The molecule has 3 aliphatic rings. The molecular weight excluding hydrogens is 369 g/mol. The van der Waals surface area contributed by atoms with Gasteiger partial charge < -0.3 is 15.5 Å². The first-order valence-electron chi connectivity index (χ1n) is 9.64. The maximum atomic E-state index is 13.4. The van der Waals surface area contributed by atoms with Crippen LogP contribution in [0.5, 0.6) is 0 Å². The predicted molar refractivity (Wildman–Crippen MR) is 103 cm³/mol. The lowest BCUT2D eigenvalue weighted by molar-refractivity contribution is -0.137. The number of hydrogen-bond donors (Lipinski definition) is 1. The van der Waals surface area contributed by atoms with Crippen molar-refractivity contribution in [3.05, 3.63) is 35.6 Å². The average Bonchev–Trinajstić information content (AvgIpc) is 3.13. The Kier molecular flexibility index (Phi) is 6.06. The van der Waals surface area contributed by atoms with E-state index in [2.05, 4.69) is 0 Å². The highest BCUT2D eigenvalue weighted by Gasteiger charge is 2.50. The van der Waals surface area contributed by atoms with Crippen LogP contribution in [0.1, 0.15) is 36.0 Å².